The summed E-state index contributed by atoms with van der Waals surface area (Å²) in [5.74, 6) is -0.0398. The second-order valence-corrected chi connectivity index (χ2v) is 13.6. The van der Waals surface area contributed by atoms with Gasteiger partial charge in [-0.2, -0.15) is 0 Å². The highest BCUT2D eigenvalue weighted by Crippen LogP contribution is 3.02. The minimum Gasteiger partial charge on any atom is -0.378 e. The lowest BCUT2D eigenvalue weighted by Crippen LogP contribution is -2.42. The first-order chi connectivity index (χ1) is 17.5. The quantitative estimate of drug-likeness (QED) is 0.338. The van der Waals surface area contributed by atoms with Crippen LogP contribution in [0.15, 0.2) is 45.4 Å². The fraction of sp³-hybridized carbons (Fsp3) is 0.400. The number of hydrogen-bond acceptors (Lipinski definition) is 5. The number of aromatic amines is 1. The Bertz CT molecular complexity index is 1500. The Balaban J connectivity index is 1.38. The number of carbonyl (C=O) groups is 1. The smallest absolute Gasteiger partial charge is 0.310 e. The molecule has 6 nitrogen and oxygen atoms in total. The number of carbonyl (C=O) groups excluding carboxylic acids is 1. The van der Waals surface area contributed by atoms with Crippen molar-refractivity contribution < 1.29 is 29.3 Å². The van der Waals surface area contributed by atoms with Crippen LogP contribution in [0, 0.1) is 0 Å². The van der Waals surface area contributed by atoms with Gasteiger partial charge in [0.05, 0.1) is 23.2 Å². The number of nitrogens with zero attached hydrogens (tertiary/aromatic N) is 2. The Morgan fingerprint density at radius 1 is 1.16 bits per heavy atom. The van der Waals surface area contributed by atoms with Crippen molar-refractivity contribution in [3.05, 3.63) is 79.2 Å². The molecule has 5 rings (SSSR count). The molecule has 1 aliphatic heterocycles. The van der Waals surface area contributed by atoms with Crippen LogP contribution in [0.1, 0.15) is 71.8 Å². The minimum absolute atomic E-state index is 0.0591. The van der Waals surface area contributed by atoms with Gasteiger partial charge in [0.2, 0.25) is 0 Å². The van der Waals surface area contributed by atoms with Crippen molar-refractivity contribution in [2.75, 3.05) is 6.54 Å². The van der Waals surface area contributed by atoms with Gasteiger partial charge in [-0.25, -0.2) is 4.98 Å². The van der Waals surface area contributed by atoms with Crippen LogP contribution in [0.4, 0.5) is 19.4 Å². The Labute approximate surface area is 219 Å². The average molecular weight is 576 g/mol. The molecule has 3 heterocycles. The van der Waals surface area contributed by atoms with E-state index in [2.05, 4.69) is 30.3 Å². The molecule has 1 aromatic carbocycles. The summed E-state index contributed by atoms with van der Waals surface area (Å²) in [4.78, 5) is 33.6. The van der Waals surface area contributed by atoms with Crippen molar-refractivity contribution in [1.29, 1.82) is 0 Å². The van der Waals surface area contributed by atoms with Crippen LogP contribution in [0.25, 0.3) is 0 Å². The van der Waals surface area contributed by atoms with Crippen molar-refractivity contribution in [2.45, 2.75) is 62.0 Å². The molecule has 0 spiro atoms. The summed E-state index contributed by atoms with van der Waals surface area (Å²) in [7, 11) is -9.99. The Kier molecular flexibility index (Phi) is 5.73. The molecule has 1 amide bonds. The summed E-state index contributed by atoms with van der Waals surface area (Å²) >= 11 is 1.63. The summed E-state index contributed by atoms with van der Waals surface area (Å²) in [5.41, 5.74) is 0.593. The van der Waals surface area contributed by atoms with Crippen LogP contribution in [0.5, 0.6) is 0 Å². The lowest BCUT2D eigenvalue weighted by Gasteiger charge is -2.40. The molecule has 1 atom stereocenters. The topological polar surface area (TPSA) is 86.3 Å². The van der Waals surface area contributed by atoms with Gasteiger partial charge in [0.15, 0.2) is 6.10 Å². The number of rotatable bonds is 6. The number of halogens is 5. The number of hydrogen-bond donors (Lipinski definition) is 2. The Morgan fingerprint density at radius 3 is 2.47 bits per heavy atom. The molecule has 0 saturated heterocycles. The summed E-state index contributed by atoms with van der Waals surface area (Å²) < 4.78 is 66.0. The number of aromatic nitrogens is 2. The van der Waals surface area contributed by atoms with Gasteiger partial charge in [0.25, 0.3) is 11.5 Å². The summed E-state index contributed by atoms with van der Waals surface area (Å²) in [5, 5.41) is 12.6. The molecule has 13 heteroatoms. The lowest BCUT2D eigenvalue weighted by molar-refractivity contribution is -0.141. The van der Waals surface area contributed by atoms with E-state index in [4.69, 9.17) is 4.98 Å². The Hall–Kier alpha value is -2.77. The second-order valence-electron chi connectivity index (χ2n) is 10.3. The average Bonchev–Trinajstić information content (AvgIpc) is 3.50. The fourth-order valence-corrected chi connectivity index (χ4v) is 6.74. The van der Waals surface area contributed by atoms with Crippen LogP contribution < -0.4 is 5.56 Å². The third kappa shape index (κ3) is 4.87. The van der Waals surface area contributed by atoms with E-state index < -0.39 is 38.3 Å². The predicted octanol–water partition coefficient (Wildman–Crippen LogP) is 6.31. The summed E-state index contributed by atoms with van der Waals surface area (Å²) in [6, 6.07) is 4.13. The molecule has 3 aromatic rings. The van der Waals surface area contributed by atoms with Gasteiger partial charge in [0, 0.05) is 17.8 Å². The highest BCUT2D eigenvalue weighted by Gasteiger charge is 2.65. The van der Waals surface area contributed by atoms with Gasteiger partial charge in [-0.1, -0.05) is 45.4 Å². The highest BCUT2D eigenvalue weighted by molar-refractivity contribution is 8.45. The number of aliphatic hydroxyl groups is 1. The lowest BCUT2D eigenvalue weighted by atomic mass is 9.99. The number of H-pyrrole nitrogens is 1. The van der Waals surface area contributed by atoms with Crippen molar-refractivity contribution in [1.82, 2.24) is 14.9 Å². The Morgan fingerprint density at radius 2 is 1.87 bits per heavy atom. The maximum absolute atomic E-state index is 13.2. The SMILES string of the molecule is CC(C)c1csc(C2(c3nc4c(c(=O)[nH]3)CN(C(=O)C(O)c3cccc(S(F)(F)(F)(F)F)c3)CC4)CC2)c1. The zero-order valence-corrected chi connectivity index (χ0v) is 22.2. The van der Waals surface area contributed by atoms with E-state index in [1.807, 2.05) is 0 Å². The monoisotopic (exact) mass is 575 g/mol. The number of aliphatic hydroxyl groups excluding tert-OH is 1. The minimum atomic E-state index is -9.99. The van der Waals surface area contributed by atoms with E-state index in [0.29, 0.717) is 23.5 Å². The molecule has 0 bridgehead atoms. The highest BCUT2D eigenvalue weighted by atomic mass is 32.5. The largest absolute Gasteiger partial charge is 0.378 e. The van der Waals surface area contributed by atoms with Gasteiger partial charge in [-0.3, -0.25) is 9.59 Å². The first-order valence-corrected chi connectivity index (χ1v) is 14.8. The van der Waals surface area contributed by atoms with Crippen molar-refractivity contribution in [3.63, 3.8) is 0 Å². The van der Waals surface area contributed by atoms with E-state index in [1.54, 1.807) is 11.3 Å². The third-order valence-corrected chi connectivity index (χ3v) is 9.49. The molecule has 2 aromatic heterocycles. The number of benzene rings is 1. The van der Waals surface area contributed by atoms with Crippen molar-refractivity contribution >= 4 is 27.5 Å². The first kappa shape index (κ1) is 26.8. The molecular weight excluding hydrogens is 549 g/mol. The zero-order valence-electron chi connectivity index (χ0n) is 20.5. The molecule has 1 fully saturated rings. The second kappa shape index (κ2) is 8.12. The maximum Gasteiger partial charge on any atom is 0.310 e. The fourth-order valence-electron chi connectivity index (χ4n) is 4.71. The van der Waals surface area contributed by atoms with Crippen molar-refractivity contribution in [3.8, 4) is 0 Å². The summed E-state index contributed by atoms with van der Waals surface area (Å²) in [6.45, 7) is 4.07. The van der Waals surface area contributed by atoms with E-state index in [-0.39, 0.29) is 42.6 Å². The molecule has 1 saturated carbocycles. The predicted molar refractivity (Wildman–Crippen MR) is 135 cm³/mol. The first-order valence-electron chi connectivity index (χ1n) is 12.0. The van der Waals surface area contributed by atoms with Gasteiger partial charge < -0.3 is 15.0 Å². The van der Waals surface area contributed by atoms with Crippen LogP contribution in [-0.4, -0.2) is 32.4 Å². The third-order valence-electron chi connectivity index (χ3n) is 7.19. The molecular formula is C25H26F5N3O3S2. The number of amides is 1. The molecule has 1 unspecified atom stereocenters. The van der Waals surface area contributed by atoms with Gasteiger partial charge in [-0.05, 0) is 53.5 Å². The normalized spacial score (nSPS) is 19.4. The van der Waals surface area contributed by atoms with Crippen LogP contribution >= 0.6 is 21.6 Å². The molecule has 38 heavy (non-hydrogen) atoms. The molecule has 2 aliphatic rings. The van der Waals surface area contributed by atoms with E-state index in [0.717, 1.165) is 28.7 Å². The number of fused-ring (bicyclic) bond motifs is 1. The van der Waals surface area contributed by atoms with Crippen LogP contribution in [-0.2, 0) is 23.2 Å². The van der Waals surface area contributed by atoms with Crippen LogP contribution in [0.2, 0.25) is 0 Å². The molecule has 1 aliphatic carbocycles. The number of nitrogens with one attached hydrogen (secondary N) is 1. The van der Waals surface area contributed by atoms with Gasteiger partial charge in [0.1, 0.15) is 10.7 Å². The van der Waals surface area contributed by atoms with Gasteiger partial charge >= 0.3 is 10.2 Å². The van der Waals surface area contributed by atoms with Crippen LogP contribution in [0.3, 0.4) is 0 Å². The van der Waals surface area contributed by atoms with Crippen molar-refractivity contribution in [2.24, 2.45) is 0 Å². The maximum atomic E-state index is 13.2. The molecule has 0 radical (unpaired) electrons. The van der Waals surface area contributed by atoms with E-state index >= 15 is 0 Å². The van der Waals surface area contributed by atoms with Gasteiger partial charge in [-0.15, -0.1) is 11.3 Å². The van der Waals surface area contributed by atoms with E-state index in [9.17, 15) is 34.1 Å². The summed E-state index contributed by atoms with van der Waals surface area (Å²) in [6.07, 6.45) is -0.205. The zero-order chi connectivity index (χ0) is 27.7. The molecule has 2 N–H and O–H groups in total. The molecule has 206 valence electrons. The standard InChI is InChI=1S/C25H26F5N3O3S2/c1-14(2)16-11-20(37-13-16)25(7-8-25)24-31-19-6-9-33(12-18(19)22(35)32-24)23(36)21(34)15-4-3-5-17(10-15)38(26,27,28,29)30/h3-5,10-11,13-14,21,34H,6-9,12H2,1-2H3,(H,31,32,35). The van der Waals surface area contributed by atoms with E-state index in [1.165, 1.54) is 5.56 Å². The number of thiophene rings is 1.